The molecule has 0 radical (unpaired) electrons. The molecule has 9 nitrogen and oxygen atoms in total. The summed E-state index contributed by atoms with van der Waals surface area (Å²) >= 11 is 0. The van der Waals surface area contributed by atoms with E-state index in [1.807, 2.05) is 24.3 Å². The highest BCUT2D eigenvalue weighted by Crippen LogP contribution is 2.47. The zero-order valence-corrected chi connectivity index (χ0v) is 19.1. The monoisotopic (exact) mass is 472 g/mol. The van der Waals surface area contributed by atoms with Gasteiger partial charge in [-0.1, -0.05) is 18.2 Å². The number of aliphatic hydroxyl groups is 2. The molecule has 5 rings (SSSR count). The van der Waals surface area contributed by atoms with E-state index in [1.165, 1.54) is 0 Å². The van der Waals surface area contributed by atoms with E-state index in [-0.39, 0.29) is 37.0 Å². The van der Waals surface area contributed by atoms with Crippen molar-refractivity contribution in [2.24, 2.45) is 5.92 Å². The van der Waals surface area contributed by atoms with Crippen molar-refractivity contribution >= 4 is 11.8 Å². The van der Waals surface area contributed by atoms with Crippen LogP contribution in [0.15, 0.2) is 35.9 Å². The molecule has 0 bridgehead atoms. The summed E-state index contributed by atoms with van der Waals surface area (Å²) in [5.41, 5.74) is 1.27. The van der Waals surface area contributed by atoms with Gasteiger partial charge in [0.05, 0.1) is 37.2 Å². The first-order chi connectivity index (χ1) is 16.6. The van der Waals surface area contributed by atoms with Crippen LogP contribution >= 0.6 is 0 Å². The highest BCUT2D eigenvalue weighted by Gasteiger charge is 2.51. The van der Waals surface area contributed by atoms with E-state index in [9.17, 15) is 19.8 Å². The van der Waals surface area contributed by atoms with Gasteiger partial charge in [0.1, 0.15) is 18.0 Å². The number of amides is 2. The van der Waals surface area contributed by atoms with Crippen LogP contribution in [-0.4, -0.2) is 90.8 Å². The molecule has 34 heavy (non-hydrogen) atoms. The van der Waals surface area contributed by atoms with Crippen LogP contribution < -0.4 is 10.1 Å². The van der Waals surface area contributed by atoms with E-state index in [4.69, 9.17) is 14.2 Å². The summed E-state index contributed by atoms with van der Waals surface area (Å²) in [5.74, 6) is -0.560. The molecular formula is C25H32N2O7. The van der Waals surface area contributed by atoms with Gasteiger partial charge >= 0.3 is 0 Å². The molecule has 2 saturated heterocycles. The fourth-order valence-corrected chi connectivity index (χ4v) is 5.52. The SMILES string of the molecule is O=C(NCCO)C1=C[C@@H](N(C[C@@H]2CCCO2)C(=O)C2CCOC2)[C@H](O)[C@H]2Oc3ccccc3[C@@H]12. The second-order valence-corrected chi connectivity index (χ2v) is 9.37. The number of ether oxygens (including phenoxy) is 3. The van der Waals surface area contributed by atoms with Crippen molar-refractivity contribution in [3.63, 3.8) is 0 Å². The molecule has 9 heteroatoms. The average Bonchev–Trinajstić information content (AvgIpc) is 3.62. The molecule has 4 aliphatic rings. The summed E-state index contributed by atoms with van der Waals surface area (Å²) < 4.78 is 17.4. The normalized spacial score (nSPS) is 31.9. The molecule has 6 atom stereocenters. The van der Waals surface area contributed by atoms with E-state index >= 15 is 0 Å². The van der Waals surface area contributed by atoms with Crippen LogP contribution in [0.1, 0.15) is 30.7 Å². The van der Waals surface area contributed by atoms with Crippen LogP contribution in [-0.2, 0) is 19.1 Å². The Morgan fingerprint density at radius 1 is 1.18 bits per heavy atom. The second-order valence-electron chi connectivity index (χ2n) is 9.37. The molecule has 184 valence electrons. The Bertz CT molecular complexity index is 939. The van der Waals surface area contributed by atoms with Crippen LogP contribution in [0.25, 0.3) is 0 Å². The van der Waals surface area contributed by atoms with Crippen LogP contribution in [0, 0.1) is 5.92 Å². The Kier molecular flexibility index (Phi) is 6.87. The zero-order valence-electron chi connectivity index (χ0n) is 19.1. The third-order valence-corrected chi connectivity index (χ3v) is 7.22. The predicted molar refractivity (Wildman–Crippen MR) is 121 cm³/mol. The maximum Gasteiger partial charge on any atom is 0.247 e. The molecule has 0 aromatic heterocycles. The lowest BCUT2D eigenvalue weighted by molar-refractivity contribution is -0.143. The lowest BCUT2D eigenvalue weighted by atomic mass is 9.77. The van der Waals surface area contributed by atoms with Gasteiger partial charge in [0.15, 0.2) is 0 Å². The largest absolute Gasteiger partial charge is 0.486 e. The first-order valence-electron chi connectivity index (χ1n) is 12.1. The van der Waals surface area contributed by atoms with Crippen molar-refractivity contribution in [2.75, 3.05) is 39.5 Å². The van der Waals surface area contributed by atoms with Gasteiger partial charge < -0.3 is 34.6 Å². The molecule has 2 amide bonds. The Morgan fingerprint density at radius 3 is 2.76 bits per heavy atom. The number of hydrogen-bond donors (Lipinski definition) is 3. The first kappa shape index (κ1) is 23.3. The number of rotatable bonds is 7. The standard InChI is InChI=1S/C25H32N2O7/c28-9-8-26-24(30)18-12-19(22(29)23-21(18)17-5-1-2-6-20(17)34-23)27(13-16-4-3-10-33-16)25(31)15-7-11-32-14-15/h1-2,5-6,12,15-16,19,21-23,28-29H,3-4,7-11,13-14H2,(H,26,30)/t15?,16-,19+,21-,22-,23-/m0/s1. The number of para-hydroxylation sites is 1. The van der Waals surface area contributed by atoms with Crippen molar-refractivity contribution in [1.82, 2.24) is 10.2 Å². The molecule has 2 fully saturated rings. The van der Waals surface area contributed by atoms with Crippen molar-refractivity contribution < 1.29 is 34.0 Å². The number of carbonyl (C=O) groups is 2. The number of nitrogens with one attached hydrogen (secondary N) is 1. The first-order valence-corrected chi connectivity index (χ1v) is 12.1. The molecule has 1 aromatic rings. The molecule has 1 aliphatic carbocycles. The Morgan fingerprint density at radius 2 is 2.03 bits per heavy atom. The van der Waals surface area contributed by atoms with E-state index in [2.05, 4.69) is 5.32 Å². The fourth-order valence-electron chi connectivity index (χ4n) is 5.52. The van der Waals surface area contributed by atoms with Gasteiger partial charge in [-0.15, -0.1) is 0 Å². The highest BCUT2D eigenvalue weighted by atomic mass is 16.5. The number of fused-ring (bicyclic) bond motifs is 3. The number of benzene rings is 1. The van der Waals surface area contributed by atoms with Crippen molar-refractivity contribution in [1.29, 1.82) is 0 Å². The maximum absolute atomic E-state index is 13.6. The van der Waals surface area contributed by atoms with Gasteiger partial charge in [0, 0.05) is 37.4 Å². The molecule has 0 saturated carbocycles. The molecule has 3 aliphatic heterocycles. The Labute approximate surface area is 198 Å². The summed E-state index contributed by atoms with van der Waals surface area (Å²) in [5, 5.41) is 23.5. The topological polar surface area (TPSA) is 118 Å². The van der Waals surface area contributed by atoms with Crippen LogP contribution in [0.4, 0.5) is 0 Å². The van der Waals surface area contributed by atoms with E-state index in [1.54, 1.807) is 11.0 Å². The van der Waals surface area contributed by atoms with Gasteiger partial charge in [-0.2, -0.15) is 0 Å². The Balaban J connectivity index is 1.51. The van der Waals surface area contributed by atoms with Gasteiger partial charge in [-0.25, -0.2) is 0 Å². The minimum absolute atomic E-state index is 0.0997. The fraction of sp³-hybridized carbons (Fsp3) is 0.600. The predicted octanol–water partition coefficient (Wildman–Crippen LogP) is 0.353. The summed E-state index contributed by atoms with van der Waals surface area (Å²) in [4.78, 5) is 28.5. The van der Waals surface area contributed by atoms with E-state index in [0.717, 1.165) is 18.4 Å². The molecular weight excluding hydrogens is 440 g/mol. The lowest BCUT2D eigenvalue weighted by Crippen LogP contribution is -2.58. The van der Waals surface area contributed by atoms with Crippen LogP contribution in [0.2, 0.25) is 0 Å². The number of hydrogen-bond acceptors (Lipinski definition) is 7. The number of nitrogens with zero attached hydrogens (tertiary/aromatic N) is 1. The van der Waals surface area contributed by atoms with E-state index < -0.39 is 24.2 Å². The third kappa shape index (κ3) is 4.33. The molecule has 1 unspecified atom stereocenters. The number of carbonyl (C=O) groups excluding carboxylic acids is 2. The quantitative estimate of drug-likeness (QED) is 0.524. The highest BCUT2D eigenvalue weighted by molar-refractivity contribution is 5.96. The average molecular weight is 473 g/mol. The molecule has 3 N–H and O–H groups in total. The van der Waals surface area contributed by atoms with Crippen LogP contribution in [0.3, 0.4) is 0 Å². The zero-order chi connectivity index (χ0) is 23.7. The Hall–Kier alpha value is -2.46. The summed E-state index contributed by atoms with van der Waals surface area (Å²) in [6, 6.07) is 6.69. The molecule has 3 heterocycles. The van der Waals surface area contributed by atoms with Crippen molar-refractivity contribution in [3.8, 4) is 5.75 Å². The minimum atomic E-state index is -1.03. The summed E-state index contributed by atoms with van der Waals surface area (Å²) in [6.45, 7) is 1.80. The summed E-state index contributed by atoms with van der Waals surface area (Å²) in [6.07, 6.45) is 2.27. The van der Waals surface area contributed by atoms with Gasteiger partial charge in [-0.05, 0) is 31.4 Å². The van der Waals surface area contributed by atoms with E-state index in [0.29, 0.717) is 44.1 Å². The minimum Gasteiger partial charge on any atom is -0.486 e. The summed E-state index contributed by atoms with van der Waals surface area (Å²) in [7, 11) is 0. The van der Waals surface area contributed by atoms with Gasteiger partial charge in [0.2, 0.25) is 11.8 Å². The van der Waals surface area contributed by atoms with Crippen molar-refractivity contribution in [3.05, 3.63) is 41.5 Å². The lowest BCUT2D eigenvalue weighted by Gasteiger charge is -2.42. The van der Waals surface area contributed by atoms with Gasteiger partial charge in [-0.3, -0.25) is 9.59 Å². The number of aliphatic hydroxyl groups excluding tert-OH is 2. The third-order valence-electron chi connectivity index (χ3n) is 7.22. The van der Waals surface area contributed by atoms with Crippen LogP contribution in [0.5, 0.6) is 5.75 Å². The smallest absolute Gasteiger partial charge is 0.247 e. The van der Waals surface area contributed by atoms with Gasteiger partial charge in [0.25, 0.3) is 0 Å². The molecule has 1 aromatic carbocycles. The second kappa shape index (κ2) is 10.0. The molecule has 0 spiro atoms. The van der Waals surface area contributed by atoms with Crippen molar-refractivity contribution in [2.45, 2.75) is 49.5 Å². The maximum atomic E-state index is 13.6.